The molecule has 0 atom stereocenters. The van der Waals surface area contributed by atoms with E-state index in [2.05, 4.69) is 5.32 Å². The number of carbonyl (C=O) groups excluding carboxylic acids is 1. The third kappa shape index (κ3) is 2.79. The zero-order chi connectivity index (χ0) is 15.5. The largest absolute Gasteiger partial charge is 0.383 e. The van der Waals surface area contributed by atoms with Gasteiger partial charge in [0.1, 0.15) is 10.7 Å². The fraction of sp³-hybridized carbons (Fsp3) is 0. The lowest BCUT2D eigenvalue weighted by Gasteiger charge is -2.07. The average Bonchev–Trinajstić information content (AvgIpc) is 2.84. The second-order valence-electron chi connectivity index (χ2n) is 4.57. The molecule has 3 N–H and O–H groups in total. The van der Waals surface area contributed by atoms with E-state index in [1.54, 1.807) is 4.57 Å². The normalized spacial score (nSPS) is 10.4. The molecule has 3 aromatic rings. The standard InChI is InChI=1S/C16H13N3OS2/c17-14-13(15(20)18-11-7-3-1-4-8-11)22-16(21)19(14)12-9-5-2-6-10-12/h1-10H,17H2,(H,18,20). The van der Waals surface area contributed by atoms with Crippen molar-refractivity contribution < 1.29 is 4.79 Å². The molecule has 0 aliphatic rings. The number of hydrogen-bond donors (Lipinski definition) is 2. The minimum Gasteiger partial charge on any atom is -0.383 e. The Labute approximate surface area is 136 Å². The van der Waals surface area contributed by atoms with E-state index in [9.17, 15) is 4.79 Å². The van der Waals surface area contributed by atoms with Crippen molar-refractivity contribution in [1.29, 1.82) is 0 Å². The van der Waals surface area contributed by atoms with Gasteiger partial charge in [0.15, 0.2) is 3.95 Å². The highest BCUT2D eigenvalue weighted by molar-refractivity contribution is 7.73. The molecule has 22 heavy (non-hydrogen) atoms. The number of carbonyl (C=O) groups is 1. The summed E-state index contributed by atoms with van der Waals surface area (Å²) < 4.78 is 2.25. The van der Waals surface area contributed by atoms with Crippen LogP contribution in [0.5, 0.6) is 0 Å². The van der Waals surface area contributed by atoms with Gasteiger partial charge in [0.25, 0.3) is 5.91 Å². The van der Waals surface area contributed by atoms with Crippen molar-refractivity contribution in [3.05, 3.63) is 69.5 Å². The van der Waals surface area contributed by atoms with Crippen molar-refractivity contribution in [3.63, 3.8) is 0 Å². The number of amides is 1. The number of benzene rings is 2. The van der Waals surface area contributed by atoms with Gasteiger partial charge in [0.2, 0.25) is 0 Å². The molecule has 0 aliphatic heterocycles. The summed E-state index contributed by atoms with van der Waals surface area (Å²) in [5.41, 5.74) is 7.70. The fourth-order valence-electron chi connectivity index (χ4n) is 2.08. The molecule has 0 bridgehead atoms. The smallest absolute Gasteiger partial charge is 0.269 e. The number of nitrogens with zero attached hydrogens (tertiary/aromatic N) is 1. The molecule has 2 aromatic carbocycles. The Hall–Kier alpha value is -2.44. The van der Waals surface area contributed by atoms with Crippen molar-refractivity contribution >= 4 is 41.0 Å². The fourth-order valence-corrected chi connectivity index (χ4v) is 3.34. The number of nitrogens with one attached hydrogen (secondary N) is 1. The highest BCUT2D eigenvalue weighted by Crippen LogP contribution is 2.26. The zero-order valence-corrected chi connectivity index (χ0v) is 13.2. The second-order valence-corrected chi connectivity index (χ2v) is 6.22. The number of nitrogens with two attached hydrogens (primary N) is 1. The molecule has 0 fully saturated rings. The lowest BCUT2D eigenvalue weighted by molar-refractivity contribution is 0.103. The molecule has 0 saturated heterocycles. The van der Waals surface area contributed by atoms with Gasteiger partial charge in [-0.2, -0.15) is 0 Å². The van der Waals surface area contributed by atoms with Gasteiger partial charge in [0.05, 0.1) is 0 Å². The van der Waals surface area contributed by atoms with Gasteiger partial charge < -0.3 is 11.1 Å². The van der Waals surface area contributed by atoms with Crippen LogP contribution in [0.15, 0.2) is 60.7 Å². The summed E-state index contributed by atoms with van der Waals surface area (Å²) in [6, 6.07) is 18.8. The van der Waals surface area contributed by atoms with E-state index >= 15 is 0 Å². The van der Waals surface area contributed by atoms with E-state index in [0.29, 0.717) is 14.6 Å². The van der Waals surface area contributed by atoms with Crippen molar-refractivity contribution in [3.8, 4) is 5.69 Å². The topological polar surface area (TPSA) is 60.1 Å². The van der Waals surface area contributed by atoms with Crippen molar-refractivity contribution in [2.24, 2.45) is 0 Å². The maximum atomic E-state index is 12.4. The van der Waals surface area contributed by atoms with Crippen LogP contribution in [0.25, 0.3) is 5.69 Å². The molecule has 0 aliphatic carbocycles. The number of para-hydroxylation sites is 2. The molecule has 4 nitrogen and oxygen atoms in total. The number of anilines is 2. The molecule has 0 spiro atoms. The maximum Gasteiger partial charge on any atom is 0.269 e. The Morgan fingerprint density at radius 1 is 1.05 bits per heavy atom. The Morgan fingerprint density at radius 2 is 1.64 bits per heavy atom. The first-order valence-corrected chi connectivity index (χ1v) is 7.82. The first-order chi connectivity index (χ1) is 10.7. The van der Waals surface area contributed by atoms with E-state index in [1.165, 1.54) is 11.3 Å². The molecular weight excluding hydrogens is 314 g/mol. The van der Waals surface area contributed by atoms with Crippen molar-refractivity contribution in [2.75, 3.05) is 11.1 Å². The minimum absolute atomic E-state index is 0.255. The lowest BCUT2D eigenvalue weighted by atomic mass is 10.3. The molecule has 0 saturated carbocycles. The maximum absolute atomic E-state index is 12.4. The molecule has 1 amide bonds. The number of rotatable bonds is 3. The number of aromatic nitrogens is 1. The van der Waals surface area contributed by atoms with Crippen LogP contribution < -0.4 is 11.1 Å². The van der Waals surface area contributed by atoms with Crippen LogP contribution in [0.2, 0.25) is 0 Å². The summed E-state index contributed by atoms with van der Waals surface area (Å²) in [5, 5.41) is 2.82. The third-order valence-corrected chi connectivity index (χ3v) is 4.49. The Kier molecular flexibility index (Phi) is 4.04. The number of hydrogen-bond acceptors (Lipinski definition) is 4. The van der Waals surface area contributed by atoms with Gasteiger partial charge in [-0.25, -0.2) is 0 Å². The number of thiazole rings is 1. The van der Waals surface area contributed by atoms with Crippen LogP contribution in [0, 0.1) is 3.95 Å². The van der Waals surface area contributed by atoms with Crippen LogP contribution in [0.4, 0.5) is 11.5 Å². The SMILES string of the molecule is Nc1c(C(=O)Nc2ccccc2)sc(=S)n1-c1ccccc1. The molecule has 6 heteroatoms. The summed E-state index contributed by atoms with van der Waals surface area (Å²) in [6.45, 7) is 0. The van der Waals surface area contributed by atoms with E-state index in [-0.39, 0.29) is 5.91 Å². The predicted molar refractivity (Wildman–Crippen MR) is 93.3 cm³/mol. The van der Waals surface area contributed by atoms with Gasteiger partial charge in [-0.3, -0.25) is 9.36 Å². The first-order valence-electron chi connectivity index (χ1n) is 6.60. The van der Waals surface area contributed by atoms with Crippen molar-refractivity contribution in [1.82, 2.24) is 4.57 Å². The van der Waals surface area contributed by atoms with E-state index in [1.807, 2.05) is 60.7 Å². The van der Waals surface area contributed by atoms with Gasteiger partial charge in [-0.1, -0.05) is 47.7 Å². The van der Waals surface area contributed by atoms with Gasteiger partial charge in [-0.15, -0.1) is 0 Å². The van der Waals surface area contributed by atoms with Crippen LogP contribution >= 0.6 is 23.6 Å². The van der Waals surface area contributed by atoms with Crippen LogP contribution in [0.1, 0.15) is 9.67 Å². The molecule has 0 radical (unpaired) electrons. The Morgan fingerprint density at radius 3 is 2.27 bits per heavy atom. The van der Waals surface area contributed by atoms with E-state index in [0.717, 1.165) is 11.4 Å². The quantitative estimate of drug-likeness (QED) is 0.712. The van der Waals surface area contributed by atoms with Crippen LogP contribution in [0.3, 0.4) is 0 Å². The molecule has 0 unspecified atom stereocenters. The summed E-state index contributed by atoms with van der Waals surface area (Å²) in [7, 11) is 0. The monoisotopic (exact) mass is 327 g/mol. The lowest BCUT2D eigenvalue weighted by Crippen LogP contribution is -2.13. The molecule has 1 aromatic heterocycles. The summed E-state index contributed by atoms with van der Waals surface area (Å²) in [6.07, 6.45) is 0. The molecule has 1 heterocycles. The summed E-state index contributed by atoms with van der Waals surface area (Å²) >= 11 is 6.55. The van der Waals surface area contributed by atoms with E-state index in [4.69, 9.17) is 18.0 Å². The predicted octanol–water partition coefficient (Wildman–Crippen LogP) is 4.10. The van der Waals surface area contributed by atoms with Gasteiger partial charge >= 0.3 is 0 Å². The Balaban J connectivity index is 1.96. The molecule has 3 rings (SSSR count). The minimum atomic E-state index is -0.255. The third-order valence-electron chi connectivity index (χ3n) is 3.10. The van der Waals surface area contributed by atoms with Crippen molar-refractivity contribution in [2.45, 2.75) is 0 Å². The van der Waals surface area contributed by atoms with Crippen LogP contribution in [-0.4, -0.2) is 10.5 Å². The molecule has 110 valence electrons. The summed E-state index contributed by atoms with van der Waals surface area (Å²) in [4.78, 5) is 12.8. The average molecular weight is 327 g/mol. The van der Waals surface area contributed by atoms with Crippen LogP contribution in [-0.2, 0) is 0 Å². The van der Waals surface area contributed by atoms with E-state index < -0.39 is 0 Å². The first kappa shape index (κ1) is 14.5. The highest BCUT2D eigenvalue weighted by atomic mass is 32.1. The zero-order valence-electron chi connectivity index (χ0n) is 11.5. The highest BCUT2D eigenvalue weighted by Gasteiger charge is 2.18. The van der Waals surface area contributed by atoms with Gasteiger partial charge in [-0.05, 0) is 36.5 Å². The number of nitrogen functional groups attached to an aromatic ring is 1. The Bertz CT molecular complexity index is 854. The summed E-state index contributed by atoms with van der Waals surface area (Å²) in [5.74, 6) is 0.101. The van der Waals surface area contributed by atoms with Gasteiger partial charge in [0, 0.05) is 11.4 Å². The second kappa shape index (κ2) is 6.13. The molecular formula is C16H13N3OS2.